The summed E-state index contributed by atoms with van der Waals surface area (Å²) < 4.78 is 0. The number of aromatic nitrogens is 1. The number of hydrogen-bond acceptors (Lipinski definition) is 4. The molecule has 0 aliphatic carbocycles. The van der Waals surface area contributed by atoms with Crippen LogP contribution in [0.25, 0.3) is 11.3 Å². The van der Waals surface area contributed by atoms with Gasteiger partial charge in [0.25, 0.3) is 0 Å². The van der Waals surface area contributed by atoms with Crippen molar-refractivity contribution in [3.8, 4) is 11.3 Å². The number of hydrogen-bond donors (Lipinski definition) is 1. The maximum Gasteiger partial charge on any atom is 0.203 e. The third-order valence-electron chi connectivity index (χ3n) is 3.79. The number of benzene rings is 2. The second kappa shape index (κ2) is 7.56. The summed E-state index contributed by atoms with van der Waals surface area (Å²) in [6.07, 6.45) is 1.61. The highest BCUT2D eigenvalue weighted by Crippen LogP contribution is 2.31. The largest absolute Gasteiger partial charge is 0.253 e. The van der Waals surface area contributed by atoms with Crippen LogP contribution >= 0.6 is 34.5 Å². The summed E-state index contributed by atoms with van der Waals surface area (Å²) >= 11 is 13.8. The quantitative estimate of drug-likeness (QED) is 0.408. The number of anilines is 1. The van der Waals surface area contributed by atoms with Crippen molar-refractivity contribution in [3.05, 3.63) is 68.0 Å². The molecule has 0 amide bonds. The predicted molar refractivity (Wildman–Crippen MR) is 109 cm³/mol. The van der Waals surface area contributed by atoms with Crippen LogP contribution in [0.1, 0.15) is 22.3 Å². The molecule has 0 saturated carbocycles. The number of nitrogens with zero attached hydrogens (tertiary/aromatic N) is 2. The number of aryl methyl sites for hydroxylation is 3. The molecule has 0 radical (unpaired) electrons. The Bertz CT molecular complexity index is 904. The third kappa shape index (κ3) is 4.03. The number of rotatable bonds is 4. The Morgan fingerprint density at radius 3 is 2.36 bits per heavy atom. The smallest absolute Gasteiger partial charge is 0.203 e. The van der Waals surface area contributed by atoms with Gasteiger partial charge in [0.05, 0.1) is 22.0 Å². The van der Waals surface area contributed by atoms with Gasteiger partial charge < -0.3 is 0 Å². The summed E-state index contributed by atoms with van der Waals surface area (Å²) in [6.45, 7) is 6.32. The van der Waals surface area contributed by atoms with Crippen molar-refractivity contribution in [2.45, 2.75) is 20.8 Å². The molecular formula is C19H17Cl2N3S. The third-order valence-corrected chi connectivity index (χ3v) is 5.20. The lowest BCUT2D eigenvalue weighted by molar-refractivity contribution is 1.26. The van der Waals surface area contributed by atoms with Gasteiger partial charge in [0.15, 0.2) is 0 Å². The molecule has 0 aliphatic rings. The molecule has 0 aliphatic heterocycles. The molecule has 1 heterocycles. The summed E-state index contributed by atoms with van der Waals surface area (Å²) in [6, 6.07) is 9.70. The maximum absolute atomic E-state index is 6.13. The first kappa shape index (κ1) is 17.9. The number of nitrogens with one attached hydrogen (secondary N) is 1. The van der Waals surface area contributed by atoms with Gasteiger partial charge in [0.2, 0.25) is 5.13 Å². The highest BCUT2D eigenvalue weighted by Gasteiger charge is 2.10. The Labute approximate surface area is 161 Å². The lowest BCUT2D eigenvalue weighted by Crippen LogP contribution is -1.93. The average Bonchev–Trinajstić information content (AvgIpc) is 2.97. The van der Waals surface area contributed by atoms with Gasteiger partial charge in [0.1, 0.15) is 0 Å². The Kier molecular flexibility index (Phi) is 5.42. The number of halogens is 2. The van der Waals surface area contributed by atoms with Gasteiger partial charge in [-0.3, -0.25) is 5.43 Å². The van der Waals surface area contributed by atoms with Crippen molar-refractivity contribution in [2.24, 2.45) is 5.10 Å². The van der Waals surface area contributed by atoms with Crippen LogP contribution in [0, 0.1) is 20.8 Å². The summed E-state index contributed by atoms with van der Waals surface area (Å²) in [5, 5.41) is 8.07. The Morgan fingerprint density at radius 2 is 1.72 bits per heavy atom. The van der Waals surface area contributed by atoms with Crippen LogP contribution in [-0.4, -0.2) is 11.2 Å². The van der Waals surface area contributed by atoms with Gasteiger partial charge in [0, 0.05) is 16.5 Å². The van der Waals surface area contributed by atoms with Crippen molar-refractivity contribution in [1.82, 2.24) is 4.98 Å². The van der Waals surface area contributed by atoms with E-state index in [-0.39, 0.29) is 0 Å². The van der Waals surface area contributed by atoms with E-state index in [9.17, 15) is 0 Å². The Balaban J connectivity index is 1.80. The second-order valence-electron chi connectivity index (χ2n) is 5.82. The first-order valence-electron chi connectivity index (χ1n) is 7.72. The van der Waals surface area contributed by atoms with E-state index in [2.05, 4.69) is 48.4 Å². The summed E-state index contributed by atoms with van der Waals surface area (Å²) in [7, 11) is 0. The van der Waals surface area contributed by atoms with E-state index in [1.54, 1.807) is 24.4 Å². The first-order valence-corrected chi connectivity index (χ1v) is 9.36. The lowest BCUT2D eigenvalue weighted by atomic mass is 9.98. The summed E-state index contributed by atoms with van der Waals surface area (Å²) in [5.41, 5.74) is 9.46. The molecule has 6 heteroatoms. The molecule has 0 atom stereocenters. The molecule has 0 bridgehead atoms. The lowest BCUT2D eigenvalue weighted by Gasteiger charge is -2.08. The maximum atomic E-state index is 6.13. The highest BCUT2D eigenvalue weighted by atomic mass is 35.5. The van der Waals surface area contributed by atoms with Gasteiger partial charge in [-0.15, -0.1) is 11.3 Å². The SMILES string of the molecule is Cc1cc(C)c(-c2csc(N/N=C\c3c(Cl)cccc3Cl)n2)c(C)c1. The van der Waals surface area contributed by atoms with Crippen LogP contribution in [0.5, 0.6) is 0 Å². The summed E-state index contributed by atoms with van der Waals surface area (Å²) in [5.74, 6) is 0. The number of thiazole rings is 1. The molecule has 3 nitrogen and oxygen atoms in total. The molecular weight excluding hydrogens is 373 g/mol. The fourth-order valence-corrected chi connectivity index (χ4v) is 3.96. The fraction of sp³-hybridized carbons (Fsp3) is 0.158. The van der Waals surface area contributed by atoms with Crippen molar-refractivity contribution < 1.29 is 0 Å². The summed E-state index contributed by atoms with van der Waals surface area (Å²) in [4.78, 5) is 4.64. The van der Waals surface area contributed by atoms with E-state index in [4.69, 9.17) is 23.2 Å². The zero-order valence-electron chi connectivity index (χ0n) is 14.1. The molecule has 128 valence electrons. The fourth-order valence-electron chi connectivity index (χ4n) is 2.81. The molecule has 25 heavy (non-hydrogen) atoms. The molecule has 0 saturated heterocycles. The van der Waals surface area contributed by atoms with E-state index < -0.39 is 0 Å². The average molecular weight is 390 g/mol. The molecule has 0 spiro atoms. The topological polar surface area (TPSA) is 37.3 Å². The van der Waals surface area contributed by atoms with E-state index in [0.717, 1.165) is 5.69 Å². The first-order chi connectivity index (χ1) is 12.0. The minimum absolute atomic E-state index is 0.559. The predicted octanol–water partition coefficient (Wildman–Crippen LogP) is 6.49. The second-order valence-corrected chi connectivity index (χ2v) is 7.49. The van der Waals surface area contributed by atoms with E-state index in [1.807, 2.05) is 5.38 Å². The normalized spacial score (nSPS) is 11.2. The highest BCUT2D eigenvalue weighted by molar-refractivity contribution is 7.14. The van der Waals surface area contributed by atoms with Gasteiger partial charge >= 0.3 is 0 Å². The molecule has 0 unspecified atom stereocenters. The van der Waals surface area contributed by atoms with Crippen molar-refractivity contribution in [2.75, 3.05) is 5.43 Å². The zero-order valence-corrected chi connectivity index (χ0v) is 16.4. The minimum Gasteiger partial charge on any atom is -0.253 e. The zero-order chi connectivity index (χ0) is 18.0. The van der Waals surface area contributed by atoms with Crippen LogP contribution in [0.15, 0.2) is 40.8 Å². The van der Waals surface area contributed by atoms with Crippen molar-refractivity contribution >= 4 is 45.9 Å². The van der Waals surface area contributed by atoms with Gasteiger partial charge in [-0.2, -0.15) is 5.10 Å². The van der Waals surface area contributed by atoms with Crippen LogP contribution in [-0.2, 0) is 0 Å². The van der Waals surface area contributed by atoms with Gasteiger partial charge in [-0.05, 0) is 44.0 Å². The number of hydrazone groups is 1. The molecule has 1 aromatic heterocycles. The molecule has 3 rings (SSSR count). The van der Waals surface area contributed by atoms with Crippen LogP contribution in [0.4, 0.5) is 5.13 Å². The van der Waals surface area contributed by atoms with Crippen molar-refractivity contribution in [1.29, 1.82) is 0 Å². The van der Waals surface area contributed by atoms with E-state index in [1.165, 1.54) is 33.6 Å². The van der Waals surface area contributed by atoms with Gasteiger partial charge in [-0.1, -0.05) is 47.0 Å². The van der Waals surface area contributed by atoms with E-state index >= 15 is 0 Å². The van der Waals surface area contributed by atoms with Crippen LogP contribution < -0.4 is 5.43 Å². The molecule has 3 aromatic rings. The molecule has 2 aromatic carbocycles. The van der Waals surface area contributed by atoms with Gasteiger partial charge in [-0.25, -0.2) is 4.98 Å². The molecule has 1 N–H and O–H groups in total. The van der Waals surface area contributed by atoms with Crippen LogP contribution in [0.3, 0.4) is 0 Å². The minimum atomic E-state index is 0.559. The molecule has 0 fully saturated rings. The van der Waals surface area contributed by atoms with Crippen LogP contribution in [0.2, 0.25) is 10.0 Å². The van der Waals surface area contributed by atoms with Crippen molar-refractivity contribution in [3.63, 3.8) is 0 Å². The van der Waals surface area contributed by atoms with E-state index in [0.29, 0.717) is 20.7 Å². The Hall–Kier alpha value is -1.88. The Morgan fingerprint density at radius 1 is 1.08 bits per heavy atom. The standard InChI is InChI=1S/C19H17Cl2N3S/c1-11-7-12(2)18(13(3)8-11)17-10-25-19(23-17)24-22-9-14-15(20)5-4-6-16(14)21/h4-10H,1-3H3,(H,23,24)/b22-9-. The monoisotopic (exact) mass is 389 g/mol.